The molecule has 0 spiro atoms. The lowest BCUT2D eigenvalue weighted by atomic mass is 10.00. The molecule has 8 nitrogen and oxygen atoms in total. The third kappa shape index (κ3) is 7.93. The van der Waals surface area contributed by atoms with Crippen molar-refractivity contribution in [2.45, 2.75) is 39.5 Å². The Balaban J connectivity index is 0.000000945. The molecule has 1 heterocycles. The summed E-state index contributed by atoms with van der Waals surface area (Å²) in [6.07, 6.45) is 0. The number of benzene rings is 2. The van der Waals surface area contributed by atoms with Crippen molar-refractivity contribution in [1.82, 2.24) is 9.97 Å². The Kier molecular flexibility index (Phi) is 10.2. The van der Waals surface area contributed by atoms with Crippen molar-refractivity contribution in [3.63, 3.8) is 0 Å². The molecule has 1 atom stereocenters. The largest absolute Gasteiger partial charge is 0.478 e. The zero-order chi connectivity index (χ0) is 25.3. The highest BCUT2D eigenvalue weighted by molar-refractivity contribution is 7.86. The molecular weight excluding hydrogens is 452 g/mol. The van der Waals surface area contributed by atoms with Gasteiger partial charge in [-0.1, -0.05) is 45.0 Å². The van der Waals surface area contributed by atoms with Gasteiger partial charge >= 0.3 is 5.97 Å². The van der Waals surface area contributed by atoms with Crippen molar-refractivity contribution < 1.29 is 18.8 Å². The van der Waals surface area contributed by atoms with Gasteiger partial charge in [-0.05, 0) is 49.1 Å². The van der Waals surface area contributed by atoms with Crippen LogP contribution in [0.1, 0.15) is 42.3 Å². The zero-order valence-electron chi connectivity index (χ0n) is 20.2. The summed E-state index contributed by atoms with van der Waals surface area (Å²) in [6.45, 7) is 11.0. The second-order valence-corrected chi connectivity index (χ2v) is 9.47. The van der Waals surface area contributed by atoms with E-state index in [0.29, 0.717) is 23.0 Å². The molecule has 4 N–H and O–H groups in total. The molecule has 2 aromatic carbocycles. The van der Waals surface area contributed by atoms with Gasteiger partial charge in [0.05, 0.1) is 16.2 Å². The summed E-state index contributed by atoms with van der Waals surface area (Å²) in [5.41, 5.74) is 9.17. The average molecular weight is 485 g/mol. The number of aryl methyl sites for hydroxylation is 2. The average Bonchev–Trinajstić information content (AvgIpc) is 2.77. The first-order valence-corrected chi connectivity index (χ1v) is 12.1. The van der Waals surface area contributed by atoms with E-state index >= 15 is 0 Å². The van der Waals surface area contributed by atoms with Crippen LogP contribution in [0.2, 0.25) is 0 Å². The Labute approximate surface area is 203 Å². The summed E-state index contributed by atoms with van der Waals surface area (Å²) >= 11 is 0. The summed E-state index contributed by atoms with van der Waals surface area (Å²) < 4.78 is 21.1. The Morgan fingerprint density at radius 3 is 2.29 bits per heavy atom. The van der Waals surface area contributed by atoms with Crippen LogP contribution in [0.15, 0.2) is 53.4 Å². The quantitative estimate of drug-likeness (QED) is 0.426. The minimum atomic E-state index is -1.77. The number of nitrogens with zero attached hydrogens (tertiary/aromatic N) is 2. The van der Waals surface area contributed by atoms with Gasteiger partial charge in [0, 0.05) is 18.2 Å². The molecule has 0 radical (unpaired) electrons. The van der Waals surface area contributed by atoms with E-state index < -0.39 is 17.0 Å². The van der Waals surface area contributed by atoms with E-state index in [1.807, 2.05) is 32.0 Å². The minimum absolute atomic E-state index is 0.0415. The number of carboxylic acids is 1. The number of aromatic carboxylic acids is 1. The summed E-state index contributed by atoms with van der Waals surface area (Å²) in [6, 6.07) is 13.5. The lowest BCUT2D eigenvalue weighted by Gasteiger charge is -2.13. The van der Waals surface area contributed by atoms with Crippen LogP contribution in [0.5, 0.6) is 5.88 Å². The van der Waals surface area contributed by atoms with Crippen molar-refractivity contribution in [1.29, 1.82) is 0 Å². The lowest BCUT2D eigenvalue weighted by molar-refractivity contribution is 0.0696. The fraction of sp³-hybridized carbons (Fsp3) is 0.320. The fourth-order valence-electron chi connectivity index (χ4n) is 2.94. The highest BCUT2D eigenvalue weighted by atomic mass is 32.2. The molecule has 3 aromatic rings. The molecule has 0 saturated heterocycles. The highest BCUT2D eigenvalue weighted by Gasteiger charge is 2.15. The summed E-state index contributed by atoms with van der Waals surface area (Å²) in [7, 11) is -1.77. The van der Waals surface area contributed by atoms with E-state index in [-0.39, 0.29) is 18.1 Å². The Morgan fingerprint density at radius 1 is 1.09 bits per heavy atom. The van der Waals surface area contributed by atoms with Gasteiger partial charge < -0.3 is 15.6 Å². The van der Waals surface area contributed by atoms with Gasteiger partial charge in [0.15, 0.2) is 11.0 Å². The predicted octanol–water partition coefficient (Wildman–Crippen LogP) is 4.59. The third-order valence-electron chi connectivity index (χ3n) is 4.29. The molecule has 1 aromatic heterocycles. The summed E-state index contributed by atoms with van der Waals surface area (Å²) in [5, 5.41) is 9.14. The van der Waals surface area contributed by atoms with Gasteiger partial charge in [-0.25, -0.2) is 14.0 Å². The molecule has 0 amide bonds. The van der Waals surface area contributed by atoms with E-state index in [9.17, 15) is 9.00 Å². The lowest BCUT2D eigenvalue weighted by Crippen LogP contribution is -2.13. The molecule has 182 valence electrons. The molecule has 0 bridgehead atoms. The molecule has 9 heteroatoms. The maximum atomic E-state index is 12.8. The highest BCUT2D eigenvalue weighted by Crippen LogP contribution is 2.29. The number of carboxylic acid groups (broad SMARTS) is 1. The van der Waals surface area contributed by atoms with Crippen LogP contribution in [-0.4, -0.2) is 38.4 Å². The van der Waals surface area contributed by atoms with Gasteiger partial charge in [-0.3, -0.25) is 4.72 Å². The number of nitrogens with one attached hydrogen (secondary N) is 1. The van der Waals surface area contributed by atoms with E-state index in [0.717, 1.165) is 22.6 Å². The summed E-state index contributed by atoms with van der Waals surface area (Å²) in [5.74, 6) is 0.132. The normalized spacial score (nSPS) is 11.4. The van der Waals surface area contributed by atoms with Crippen molar-refractivity contribution in [2.75, 3.05) is 17.9 Å². The Morgan fingerprint density at radius 2 is 1.71 bits per heavy atom. The number of aromatic nitrogens is 2. The van der Waals surface area contributed by atoms with Crippen molar-refractivity contribution in [3.8, 4) is 17.1 Å². The summed E-state index contributed by atoms with van der Waals surface area (Å²) in [4.78, 5) is 20.2. The number of ether oxygens (including phenoxy) is 1. The predicted molar refractivity (Wildman–Crippen MR) is 135 cm³/mol. The topological polar surface area (TPSA) is 127 Å². The number of rotatable bonds is 8. The van der Waals surface area contributed by atoms with E-state index in [1.54, 1.807) is 12.1 Å². The van der Waals surface area contributed by atoms with Gasteiger partial charge in [-0.15, -0.1) is 0 Å². The van der Waals surface area contributed by atoms with E-state index in [4.69, 9.17) is 15.6 Å². The number of carbonyl (C=O) groups is 1. The fourth-order valence-corrected chi connectivity index (χ4v) is 3.75. The monoisotopic (exact) mass is 484 g/mol. The first-order chi connectivity index (χ1) is 16.1. The second kappa shape index (κ2) is 12.8. The van der Waals surface area contributed by atoms with Crippen LogP contribution in [-0.2, 0) is 11.0 Å². The third-order valence-corrected chi connectivity index (χ3v) is 5.34. The molecule has 3 rings (SSSR count). The van der Waals surface area contributed by atoms with Gasteiger partial charge in [0.1, 0.15) is 6.61 Å². The first-order valence-electron chi connectivity index (χ1n) is 10.9. The van der Waals surface area contributed by atoms with Crippen LogP contribution < -0.4 is 15.2 Å². The number of hydrogen-bond donors (Lipinski definition) is 3. The van der Waals surface area contributed by atoms with E-state index in [1.165, 1.54) is 18.2 Å². The van der Waals surface area contributed by atoms with Crippen LogP contribution in [0, 0.1) is 19.8 Å². The molecule has 0 aliphatic heterocycles. The molecule has 0 fully saturated rings. The van der Waals surface area contributed by atoms with Crippen molar-refractivity contribution in [3.05, 3.63) is 65.2 Å². The molecule has 1 unspecified atom stereocenters. The Hall–Kier alpha value is -3.30. The van der Waals surface area contributed by atoms with Gasteiger partial charge in [0.25, 0.3) is 0 Å². The van der Waals surface area contributed by atoms with Crippen molar-refractivity contribution >= 4 is 22.9 Å². The first kappa shape index (κ1) is 26.9. The van der Waals surface area contributed by atoms with Crippen LogP contribution in [0.3, 0.4) is 0 Å². The molecule has 34 heavy (non-hydrogen) atoms. The molecule has 0 aliphatic rings. The molecule has 0 aliphatic carbocycles. The maximum absolute atomic E-state index is 12.8. The van der Waals surface area contributed by atoms with Gasteiger partial charge in [0.2, 0.25) is 11.8 Å². The standard InChI is InChI=1S/C21H22N4O4S.C4H10/c1-13-5-3-6-14(2)19(13)17-12-18(29-10-9-22)24-21(23-17)25-30(28)16-8-4-7-15(11-16)20(26)27;1-4(2)3/h3-8,11-12H,9-10,22H2,1-2H3,(H,26,27)(H,23,24,25);4H,1-3H3. The zero-order valence-corrected chi connectivity index (χ0v) is 21.0. The van der Waals surface area contributed by atoms with E-state index in [2.05, 4.69) is 35.5 Å². The molecular formula is C25H32N4O4S. The van der Waals surface area contributed by atoms with Crippen LogP contribution in [0.4, 0.5) is 5.95 Å². The Bertz CT molecular complexity index is 1130. The van der Waals surface area contributed by atoms with Gasteiger partial charge in [-0.2, -0.15) is 4.98 Å². The van der Waals surface area contributed by atoms with Crippen LogP contribution in [0.25, 0.3) is 11.3 Å². The smallest absolute Gasteiger partial charge is 0.335 e. The van der Waals surface area contributed by atoms with Crippen molar-refractivity contribution in [2.24, 2.45) is 11.7 Å². The number of hydrogen-bond acceptors (Lipinski definition) is 6. The second-order valence-electron chi connectivity index (χ2n) is 8.25. The number of nitrogens with two attached hydrogens (primary N) is 1. The maximum Gasteiger partial charge on any atom is 0.335 e. The SMILES string of the molecule is CC(C)C.Cc1cccc(C)c1-c1cc(OCCN)nc(NS(=O)c2cccc(C(=O)O)c2)n1. The minimum Gasteiger partial charge on any atom is -0.478 e. The van der Waals surface area contributed by atoms with Crippen LogP contribution >= 0.6 is 0 Å². The molecule has 0 saturated carbocycles. The number of anilines is 1.